The molecule has 0 atom stereocenters. The Kier molecular flexibility index (Phi) is 6.28. The molecule has 0 aliphatic carbocycles. The van der Waals surface area contributed by atoms with Crippen molar-refractivity contribution in [3.63, 3.8) is 0 Å². The van der Waals surface area contributed by atoms with E-state index in [4.69, 9.17) is 4.74 Å². The van der Waals surface area contributed by atoms with Crippen LogP contribution < -0.4 is 10.1 Å². The van der Waals surface area contributed by atoms with Gasteiger partial charge in [-0.2, -0.15) is 0 Å². The van der Waals surface area contributed by atoms with Crippen LogP contribution in [-0.4, -0.2) is 12.5 Å². The zero-order valence-corrected chi connectivity index (χ0v) is 13.3. The first-order valence-electron chi connectivity index (χ1n) is 6.86. The molecule has 0 heterocycles. The van der Waals surface area contributed by atoms with E-state index in [9.17, 15) is 4.79 Å². The van der Waals surface area contributed by atoms with E-state index in [1.54, 1.807) is 0 Å². The highest BCUT2D eigenvalue weighted by molar-refractivity contribution is 9.08. The van der Waals surface area contributed by atoms with E-state index in [2.05, 4.69) is 33.4 Å². The third-order valence-electron chi connectivity index (χ3n) is 3.01. The van der Waals surface area contributed by atoms with E-state index in [0.717, 1.165) is 16.6 Å². The summed E-state index contributed by atoms with van der Waals surface area (Å²) < 4.78 is 5.49. The molecule has 2 aromatic rings. The number of hydrogen-bond acceptors (Lipinski definition) is 2. The van der Waals surface area contributed by atoms with Crippen LogP contribution in [0.1, 0.15) is 17.5 Å². The highest BCUT2D eigenvalue weighted by Gasteiger charge is 2.02. The third-order valence-corrected chi connectivity index (χ3v) is 3.66. The van der Waals surface area contributed by atoms with Crippen molar-refractivity contribution in [2.75, 3.05) is 6.61 Å². The van der Waals surface area contributed by atoms with Crippen LogP contribution in [0.25, 0.3) is 0 Å². The van der Waals surface area contributed by atoms with Gasteiger partial charge in [0, 0.05) is 11.9 Å². The van der Waals surface area contributed by atoms with Gasteiger partial charge in [0.25, 0.3) is 0 Å². The average molecular weight is 348 g/mol. The normalized spacial score (nSPS) is 10.1. The van der Waals surface area contributed by atoms with Crippen LogP contribution in [0.3, 0.4) is 0 Å². The van der Waals surface area contributed by atoms with Gasteiger partial charge in [0.1, 0.15) is 5.75 Å². The number of ether oxygens (including phenoxy) is 1. The van der Waals surface area contributed by atoms with E-state index in [-0.39, 0.29) is 5.91 Å². The Morgan fingerprint density at radius 1 is 1.00 bits per heavy atom. The Balaban J connectivity index is 1.67. The van der Waals surface area contributed by atoms with E-state index >= 15 is 0 Å². The van der Waals surface area contributed by atoms with Crippen LogP contribution in [0.15, 0.2) is 54.6 Å². The average Bonchev–Trinajstić information content (AvgIpc) is 2.54. The second kappa shape index (κ2) is 8.47. The lowest BCUT2D eigenvalue weighted by molar-refractivity contribution is -0.121. The Hall–Kier alpha value is -1.81. The van der Waals surface area contributed by atoms with Crippen LogP contribution in [0.2, 0.25) is 0 Å². The van der Waals surface area contributed by atoms with E-state index in [1.165, 1.54) is 5.56 Å². The number of para-hydroxylation sites is 1. The van der Waals surface area contributed by atoms with Gasteiger partial charge in [-0.3, -0.25) is 4.79 Å². The summed E-state index contributed by atoms with van der Waals surface area (Å²) in [4.78, 5) is 11.7. The molecule has 0 saturated heterocycles. The molecular formula is C17H18BrNO2. The zero-order valence-electron chi connectivity index (χ0n) is 11.7. The number of halogens is 1. The molecule has 0 aliphatic heterocycles. The smallest absolute Gasteiger partial charge is 0.223 e. The molecule has 4 heteroatoms. The second-order valence-electron chi connectivity index (χ2n) is 4.64. The Labute approximate surface area is 133 Å². The number of benzene rings is 2. The van der Waals surface area contributed by atoms with E-state index in [0.29, 0.717) is 19.6 Å². The number of hydrogen-bond donors (Lipinski definition) is 1. The number of amides is 1. The third kappa shape index (κ3) is 5.60. The monoisotopic (exact) mass is 347 g/mol. The zero-order chi connectivity index (χ0) is 14.9. The molecular weight excluding hydrogens is 330 g/mol. The van der Waals surface area contributed by atoms with Gasteiger partial charge in [-0.25, -0.2) is 0 Å². The maximum Gasteiger partial charge on any atom is 0.223 e. The van der Waals surface area contributed by atoms with Gasteiger partial charge in [0.15, 0.2) is 0 Å². The molecule has 0 saturated carbocycles. The maximum atomic E-state index is 11.7. The molecule has 2 aromatic carbocycles. The van der Waals surface area contributed by atoms with Gasteiger partial charge < -0.3 is 10.1 Å². The number of rotatable bonds is 7. The van der Waals surface area contributed by atoms with Crippen LogP contribution in [0, 0.1) is 0 Å². The molecule has 110 valence electrons. The molecule has 2 rings (SSSR count). The minimum absolute atomic E-state index is 0.00417. The molecule has 0 aromatic heterocycles. The SMILES string of the molecule is O=C(CCOc1ccccc1)NCc1ccc(CBr)cc1. The Bertz CT molecular complexity index is 555. The molecule has 3 nitrogen and oxygen atoms in total. The first-order valence-corrected chi connectivity index (χ1v) is 7.98. The van der Waals surface area contributed by atoms with Crippen molar-refractivity contribution in [3.05, 3.63) is 65.7 Å². The van der Waals surface area contributed by atoms with Crippen LogP contribution in [0.5, 0.6) is 5.75 Å². The highest BCUT2D eigenvalue weighted by atomic mass is 79.9. The molecule has 21 heavy (non-hydrogen) atoms. The van der Waals surface area contributed by atoms with Gasteiger partial charge in [0.05, 0.1) is 13.0 Å². The minimum Gasteiger partial charge on any atom is -0.493 e. The molecule has 0 spiro atoms. The molecule has 0 radical (unpaired) electrons. The fourth-order valence-electron chi connectivity index (χ4n) is 1.81. The van der Waals surface area contributed by atoms with Gasteiger partial charge in [-0.15, -0.1) is 0 Å². The summed E-state index contributed by atoms with van der Waals surface area (Å²) >= 11 is 3.41. The molecule has 1 N–H and O–H groups in total. The second-order valence-corrected chi connectivity index (χ2v) is 5.20. The molecule has 1 amide bonds. The molecule has 0 fully saturated rings. The van der Waals surface area contributed by atoms with Crippen molar-refractivity contribution in [1.82, 2.24) is 5.32 Å². The molecule has 0 bridgehead atoms. The first-order chi connectivity index (χ1) is 10.3. The van der Waals surface area contributed by atoms with E-state index in [1.807, 2.05) is 42.5 Å². The van der Waals surface area contributed by atoms with Crippen molar-refractivity contribution in [2.45, 2.75) is 18.3 Å². The lowest BCUT2D eigenvalue weighted by Crippen LogP contribution is -2.24. The number of carbonyl (C=O) groups is 1. The Morgan fingerprint density at radius 2 is 1.67 bits per heavy atom. The molecule has 0 unspecified atom stereocenters. The van der Waals surface area contributed by atoms with Gasteiger partial charge in [0.2, 0.25) is 5.91 Å². The van der Waals surface area contributed by atoms with Gasteiger partial charge >= 0.3 is 0 Å². The lowest BCUT2D eigenvalue weighted by Gasteiger charge is -2.07. The number of carbonyl (C=O) groups excluding carboxylic acids is 1. The van der Waals surface area contributed by atoms with Crippen molar-refractivity contribution < 1.29 is 9.53 Å². The highest BCUT2D eigenvalue weighted by Crippen LogP contribution is 2.09. The fourth-order valence-corrected chi connectivity index (χ4v) is 2.19. The fraction of sp³-hybridized carbons (Fsp3) is 0.235. The largest absolute Gasteiger partial charge is 0.493 e. The standard InChI is InChI=1S/C17H18BrNO2/c18-12-14-6-8-15(9-7-14)13-19-17(20)10-11-21-16-4-2-1-3-5-16/h1-9H,10-13H2,(H,19,20). The number of alkyl halides is 1. The Morgan fingerprint density at radius 3 is 2.33 bits per heavy atom. The van der Waals surface area contributed by atoms with Crippen molar-refractivity contribution in [2.24, 2.45) is 0 Å². The quantitative estimate of drug-likeness (QED) is 0.776. The summed E-state index contributed by atoms with van der Waals surface area (Å²) in [5.74, 6) is 0.783. The van der Waals surface area contributed by atoms with Crippen molar-refractivity contribution >= 4 is 21.8 Å². The minimum atomic E-state index is -0.00417. The summed E-state index contributed by atoms with van der Waals surface area (Å²) in [5, 5.41) is 3.74. The number of nitrogens with one attached hydrogen (secondary N) is 1. The van der Waals surface area contributed by atoms with Gasteiger partial charge in [-0.1, -0.05) is 58.4 Å². The van der Waals surface area contributed by atoms with Crippen LogP contribution >= 0.6 is 15.9 Å². The van der Waals surface area contributed by atoms with Crippen molar-refractivity contribution in [1.29, 1.82) is 0 Å². The lowest BCUT2D eigenvalue weighted by atomic mass is 10.1. The van der Waals surface area contributed by atoms with E-state index < -0.39 is 0 Å². The van der Waals surface area contributed by atoms with Crippen LogP contribution in [0.4, 0.5) is 0 Å². The summed E-state index contributed by atoms with van der Waals surface area (Å²) in [6, 6.07) is 17.7. The summed E-state index contributed by atoms with van der Waals surface area (Å²) in [5.41, 5.74) is 2.32. The predicted octanol–water partition coefficient (Wildman–Crippen LogP) is 3.67. The maximum absolute atomic E-state index is 11.7. The first kappa shape index (κ1) is 15.6. The van der Waals surface area contributed by atoms with Gasteiger partial charge in [-0.05, 0) is 23.3 Å². The summed E-state index contributed by atoms with van der Waals surface area (Å²) in [6.45, 7) is 0.936. The van der Waals surface area contributed by atoms with Crippen LogP contribution in [-0.2, 0) is 16.7 Å². The topological polar surface area (TPSA) is 38.3 Å². The summed E-state index contributed by atoms with van der Waals surface area (Å²) in [6.07, 6.45) is 0.356. The predicted molar refractivity (Wildman–Crippen MR) is 87.5 cm³/mol. The van der Waals surface area contributed by atoms with Crippen molar-refractivity contribution in [3.8, 4) is 5.75 Å². The molecule has 0 aliphatic rings. The summed E-state index contributed by atoms with van der Waals surface area (Å²) in [7, 11) is 0.